The van der Waals surface area contributed by atoms with E-state index in [2.05, 4.69) is 31.0 Å². The summed E-state index contributed by atoms with van der Waals surface area (Å²) in [6, 6.07) is 10.1. The van der Waals surface area contributed by atoms with Crippen molar-refractivity contribution in [2.75, 3.05) is 0 Å². The number of aromatic nitrogens is 2. The van der Waals surface area contributed by atoms with Crippen LogP contribution in [-0.2, 0) is 6.54 Å². The molecule has 2 aromatic heterocycles. The number of aryl methyl sites for hydroxylation is 2. The molecule has 0 aliphatic carbocycles. The molecule has 1 aromatic carbocycles. The van der Waals surface area contributed by atoms with Crippen LogP contribution in [-0.4, -0.2) is 9.55 Å². The molecule has 2 heterocycles. The smallest absolute Gasteiger partial charge is 0.262 e. The fourth-order valence-electron chi connectivity index (χ4n) is 2.58. The van der Waals surface area contributed by atoms with E-state index < -0.39 is 0 Å². The number of nitrogens with zero attached hydrogens (tertiary/aromatic N) is 2. The number of unbranched alkanes of at least 4 members (excludes halogenated alkanes) is 1. The minimum atomic E-state index is 0.0802. The van der Waals surface area contributed by atoms with Gasteiger partial charge in [-0.3, -0.25) is 9.36 Å². The van der Waals surface area contributed by atoms with Gasteiger partial charge in [-0.05, 0) is 18.9 Å². The minimum absolute atomic E-state index is 0.0802. The van der Waals surface area contributed by atoms with Crippen molar-refractivity contribution in [2.45, 2.75) is 33.2 Å². The summed E-state index contributed by atoms with van der Waals surface area (Å²) in [4.78, 5) is 19.2. The summed E-state index contributed by atoms with van der Waals surface area (Å²) in [5, 5.41) is 0.766. The van der Waals surface area contributed by atoms with Crippen LogP contribution in [0.1, 0.15) is 24.6 Å². The van der Waals surface area contributed by atoms with Crippen LogP contribution in [0.25, 0.3) is 21.3 Å². The van der Waals surface area contributed by atoms with Crippen molar-refractivity contribution in [1.82, 2.24) is 9.55 Å². The number of thiophene rings is 1. The maximum Gasteiger partial charge on any atom is 0.262 e. The maximum atomic E-state index is 12.8. The zero-order valence-corrected chi connectivity index (χ0v) is 13.1. The summed E-state index contributed by atoms with van der Waals surface area (Å²) in [7, 11) is 0. The topological polar surface area (TPSA) is 34.9 Å². The van der Waals surface area contributed by atoms with Crippen molar-refractivity contribution in [3.8, 4) is 11.1 Å². The SMILES string of the molecule is CCCCn1cnc2sc(C)c(-c3ccccc3)c2c1=O. The molecular formula is C17H18N2OS. The molecule has 3 aromatic rings. The molecule has 0 fully saturated rings. The lowest BCUT2D eigenvalue weighted by Gasteiger charge is -2.05. The Hall–Kier alpha value is -1.94. The molecule has 0 saturated heterocycles. The van der Waals surface area contributed by atoms with E-state index >= 15 is 0 Å². The van der Waals surface area contributed by atoms with Crippen LogP contribution in [0.2, 0.25) is 0 Å². The van der Waals surface area contributed by atoms with Gasteiger partial charge in [0, 0.05) is 17.0 Å². The zero-order chi connectivity index (χ0) is 14.8. The lowest BCUT2D eigenvalue weighted by atomic mass is 10.0. The molecule has 0 radical (unpaired) electrons. The van der Waals surface area contributed by atoms with E-state index in [9.17, 15) is 4.79 Å². The molecular weight excluding hydrogens is 280 g/mol. The minimum Gasteiger partial charge on any atom is -0.299 e. The van der Waals surface area contributed by atoms with Gasteiger partial charge in [0.1, 0.15) is 4.83 Å². The summed E-state index contributed by atoms with van der Waals surface area (Å²) >= 11 is 1.60. The lowest BCUT2D eigenvalue weighted by Crippen LogP contribution is -2.20. The average molecular weight is 298 g/mol. The molecule has 21 heavy (non-hydrogen) atoms. The van der Waals surface area contributed by atoms with Crippen molar-refractivity contribution in [3.63, 3.8) is 0 Å². The fraction of sp³-hybridized carbons (Fsp3) is 0.294. The monoisotopic (exact) mass is 298 g/mol. The first-order valence-corrected chi connectivity index (χ1v) is 8.08. The number of hydrogen-bond acceptors (Lipinski definition) is 3. The van der Waals surface area contributed by atoms with Crippen LogP contribution in [0, 0.1) is 6.92 Å². The highest BCUT2D eigenvalue weighted by atomic mass is 32.1. The fourth-order valence-corrected chi connectivity index (χ4v) is 3.58. The highest BCUT2D eigenvalue weighted by Crippen LogP contribution is 2.35. The van der Waals surface area contributed by atoms with Crippen molar-refractivity contribution in [3.05, 3.63) is 51.9 Å². The molecule has 0 spiro atoms. The van der Waals surface area contributed by atoms with Gasteiger partial charge in [-0.2, -0.15) is 0 Å². The highest BCUT2D eigenvalue weighted by molar-refractivity contribution is 7.19. The predicted molar refractivity (Wildman–Crippen MR) is 89.0 cm³/mol. The first-order chi connectivity index (χ1) is 10.2. The van der Waals surface area contributed by atoms with Crippen LogP contribution in [0.15, 0.2) is 41.5 Å². The molecule has 0 unspecified atom stereocenters. The largest absolute Gasteiger partial charge is 0.299 e. The predicted octanol–water partition coefficient (Wildman–Crippen LogP) is 4.23. The van der Waals surface area contributed by atoms with E-state index in [1.807, 2.05) is 18.2 Å². The Morgan fingerprint density at radius 3 is 2.71 bits per heavy atom. The molecule has 0 bridgehead atoms. The van der Waals surface area contributed by atoms with Crippen molar-refractivity contribution in [2.24, 2.45) is 0 Å². The summed E-state index contributed by atoms with van der Waals surface area (Å²) in [6.45, 7) is 4.92. The van der Waals surface area contributed by atoms with E-state index in [4.69, 9.17) is 0 Å². The Labute approximate surface area is 127 Å². The lowest BCUT2D eigenvalue weighted by molar-refractivity contribution is 0.609. The number of rotatable bonds is 4. The molecule has 108 valence electrons. The number of fused-ring (bicyclic) bond motifs is 1. The van der Waals surface area contributed by atoms with Crippen LogP contribution in [0.3, 0.4) is 0 Å². The van der Waals surface area contributed by atoms with Gasteiger partial charge < -0.3 is 0 Å². The van der Waals surface area contributed by atoms with E-state index in [1.54, 1.807) is 22.2 Å². The molecule has 3 rings (SSSR count). The molecule has 0 atom stereocenters. The average Bonchev–Trinajstić information content (AvgIpc) is 2.84. The van der Waals surface area contributed by atoms with Gasteiger partial charge in [0.15, 0.2) is 0 Å². The number of hydrogen-bond donors (Lipinski definition) is 0. The van der Waals surface area contributed by atoms with Crippen LogP contribution in [0.4, 0.5) is 0 Å². The van der Waals surface area contributed by atoms with E-state index in [-0.39, 0.29) is 5.56 Å². The van der Waals surface area contributed by atoms with Gasteiger partial charge in [-0.15, -0.1) is 11.3 Å². The summed E-state index contributed by atoms with van der Waals surface area (Å²) in [6.07, 6.45) is 3.75. The van der Waals surface area contributed by atoms with E-state index in [0.29, 0.717) is 0 Å². The van der Waals surface area contributed by atoms with Gasteiger partial charge in [-0.25, -0.2) is 4.98 Å². The molecule has 3 nitrogen and oxygen atoms in total. The molecule has 0 N–H and O–H groups in total. The second-order valence-corrected chi connectivity index (χ2v) is 6.38. The molecule has 0 aliphatic rings. The zero-order valence-electron chi connectivity index (χ0n) is 12.3. The number of benzene rings is 1. The van der Waals surface area contributed by atoms with Crippen LogP contribution < -0.4 is 5.56 Å². The van der Waals surface area contributed by atoms with Gasteiger partial charge in [0.05, 0.1) is 11.7 Å². The summed E-state index contributed by atoms with van der Waals surface area (Å²) < 4.78 is 1.74. The van der Waals surface area contributed by atoms with Crippen LogP contribution >= 0.6 is 11.3 Å². The quantitative estimate of drug-likeness (QED) is 0.722. The summed E-state index contributed by atoms with van der Waals surface area (Å²) in [5.74, 6) is 0. The second kappa shape index (κ2) is 5.82. The summed E-state index contributed by atoms with van der Waals surface area (Å²) in [5.41, 5.74) is 2.21. The Morgan fingerprint density at radius 1 is 1.24 bits per heavy atom. The highest BCUT2D eigenvalue weighted by Gasteiger charge is 2.16. The Bertz CT molecular complexity index is 818. The van der Waals surface area contributed by atoms with Crippen molar-refractivity contribution < 1.29 is 0 Å². The van der Waals surface area contributed by atoms with E-state index in [0.717, 1.165) is 45.6 Å². The van der Waals surface area contributed by atoms with Crippen LogP contribution in [0.5, 0.6) is 0 Å². The van der Waals surface area contributed by atoms with Gasteiger partial charge in [0.25, 0.3) is 5.56 Å². The molecule has 0 aliphatic heterocycles. The van der Waals surface area contributed by atoms with Crippen molar-refractivity contribution >= 4 is 21.6 Å². The Kier molecular flexibility index (Phi) is 3.88. The molecule has 4 heteroatoms. The Morgan fingerprint density at radius 2 is 2.00 bits per heavy atom. The first-order valence-electron chi connectivity index (χ1n) is 7.26. The third-order valence-corrected chi connectivity index (χ3v) is 4.68. The van der Waals surface area contributed by atoms with Gasteiger partial charge in [0.2, 0.25) is 0 Å². The van der Waals surface area contributed by atoms with Gasteiger partial charge >= 0.3 is 0 Å². The third kappa shape index (κ3) is 2.51. The van der Waals surface area contributed by atoms with Crippen molar-refractivity contribution in [1.29, 1.82) is 0 Å². The molecule has 0 amide bonds. The third-order valence-electron chi connectivity index (χ3n) is 3.67. The second-order valence-electron chi connectivity index (χ2n) is 5.18. The normalized spacial score (nSPS) is 11.1. The molecule has 0 saturated carbocycles. The maximum absolute atomic E-state index is 12.8. The first kappa shape index (κ1) is 14.0. The van der Waals surface area contributed by atoms with Gasteiger partial charge in [-0.1, -0.05) is 43.7 Å². The standard InChI is InChI=1S/C17H18N2OS/c1-3-4-10-19-11-18-16-15(17(19)20)14(12(2)21-16)13-8-6-5-7-9-13/h5-9,11H,3-4,10H2,1-2H3. The Balaban J connectivity index is 2.25. The van der Waals surface area contributed by atoms with E-state index in [1.165, 1.54) is 0 Å².